The molecule has 0 unspecified atom stereocenters. The standard InChI is InChI=1S/C13H17N3O2S/c14-10-12-13(8-5-9-15-12)19(17,18)16-11-6-3-1-2-4-7-11/h5,8-9,11,16H,1-4,6-7H2. The molecule has 1 N–H and O–H groups in total. The van der Waals surface area contributed by atoms with Crippen LogP contribution in [0.25, 0.3) is 0 Å². The van der Waals surface area contributed by atoms with Crippen LogP contribution in [-0.4, -0.2) is 19.4 Å². The van der Waals surface area contributed by atoms with Gasteiger partial charge in [-0.25, -0.2) is 18.1 Å². The van der Waals surface area contributed by atoms with Crippen molar-refractivity contribution >= 4 is 10.0 Å². The van der Waals surface area contributed by atoms with Crippen LogP contribution in [0.4, 0.5) is 0 Å². The van der Waals surface area contributed by atoms with E-state index in [4.69, 9.17) is 5.26 Å². The Labute approximate surface area is 113 Å². The number of hydrogen-bond acceptors (Lipinski definition) is 4. The van der Waals surface area contributed by atoms with E-state index < -0.39 is 10.0 Å². The highest BCUT2D eigenvalue weighted by atomic mass is 32.2. The highest BCUT2D eigenvalue weighted by Gasteiger charge is 2.23. The summed E-state index contributed by atoms with van der Waals surface area (Å²) >= 11 is 0. The smallest absolute Gasteiger partial charge is 0.243 e. The first-order chi connectivity index (χ1) is 9.13. The SMILES string of the molecule is N#Cc1ncccc1S(=O)(=O)NC1CCCCCC1. The summed E-state index contributed by atoms with van der Waals surface area (Å²) in [7, 11) is -3.65. The average molecular weight is 279 g/mol. The van der Waals surface area contributed by atoms with Crippen molar-refractivity contribution in [3.63, 3.8) is 0 Å². The van der Waals surface area contributed by atoms with Gasteiger partial charge in [-0.05, 0) is 25.0 Å². The van der Waals surface area contributed by atoms with Crippen molar-refractivity contribution in [3.05, 3.63) is 24.0 Å². The lowest BCUT2D eigenvalue weighted by atomic mass is 10.1. The average Bonchev–Trinajstić information content (AvgIpc) is 2.67. The molecule has 0 atom stereocenters. The minimum absolute atomic E-state index is 0.0262. The molecule has 0 spiro atoms. The Hall–Kier alpha value is -1.45. The number of nitrogens with one attached hydrogen (secondary N) is 1. The van der Waals surface area contributed by atoms with E-state index in [1.807, 2.05) is 6.07 Å². The number of pyridine rings is 1. The summed E-state index contributed by atoms with van der Waals surface area (Å²) < 4.78 is 27.3. The van der Waals surface area contributed by atoms with E-state index in [1.165, 1.54) is 18.3 Å². The highest BCUT2D eigenvalue weighted by Crippen LogP contribution is 2.20. The molecule has 1 fully saturated rings. The van der Waals surface area contributed by atoms with Crippen LogP contribution in [0.1, 0.15) is 44.2 Å². The van der Waals surface area contributed by atoms with Gasteiger partial charge in [0.1, 0.15) is 11.0 Å². The fourth-order valence-corrected chi connectivity index (χ4v) is 3.78. The van der Waals surface area contributed by atoms with Gasteiger partial charge in [-0.3, -0.25) is 0 Å². The van der Waals surface area contributed by atoms with Crippen LogP contribution in [-0.2, 0) is 10.0 Å². The first-order valence-electron chi connectivity index (χ1n) is 6.51. The summed E-state index contributed by atoms with van der Waals surface area (Å²) in [6.07, 6.45) is 7.56. The van der Waals surface area contributed by atoms with Gasteiger partial charge < -0.3 is 0 Å². The Morgan fingerprint density at radius 1 is 1.26 bits per heavy atom. The van der Waals surface area contributed by atoms with Gasteiger partial charge in [-0.15, -0.1) is 0 Å². The van der Waals surface area contributed by atoms with Gasteiger partial charge in [-0.2, -0.15) is 5.26 Å². The molecule has 1 aliphatic rings. The second kappa shape index (κ2) is 6.13. The lowest BCUT2D eigenvalue weighted by Gasteiger charge is -2.16. The second-order valence-corrected chi connectivity index (χ2v) is 6.45. The van der Waals surface area contributed by atoms with E-state index in [-0.39, 0.29) is 16.6 Å². The molecule has 0 amide bonds. The summed E-state index contributed by atoms with van der Waals surface area (Å²) in [6.45, 7) is 0. The maximum absolute atomic E-state index is 12.3. The van der Waals surface area contributed by atoms with Crippen molar-refractivity contribution in [3.8, 4) is 6.07 Å². The van der Waals surface area contributed by atoms with E-state index in [0.717, 1.165) is 38.5 Å². The number of aromatic nitrogens is 1. The van der Waals surface area contributed by atoms with Gasteiger partial charge in [0.05, 0.1) is 0 Å². The second-order valence-electron chi connectivity index (χ2n) is 4.77. The van der Waals surface area contributed by atoms with E-state index in [9.17, 15) is 8.42 Å². The summed E-state index contributed by atoms with van der Waals surface area (Å²) in [6, 6.07) is 4.74. The number of rotatable bonds is 3. The maximum atomic E-state index is 12.3. The molecule has 0 radical (unpaired) electrons. The Bertz CT molecular complexity index is 570. The monoisotopic (exact) mass is 279 g/mol. The van der Waals surface area contributed by atoms with Gasteiger partial charge in [0.15, 0.2) is 5.69 Å². The summed E-state index contributed by atoms with van der Waals surface area (Å²) in [5, 5.41) is 8.93. The summed E-state index contributed by atoms with van der Waals surface area (Å²) in [4.78, 5) is 3.77. The number of hydrogen-bond donors (Lipinski definition) is 1. The zero-order chi connectivity index (χ0) is 13.7. The Balaban J connectivity index is 2.20. The van der Waals surface area contributed by atoms with Crippen LogP contribution in [0.5, 0.6) is 0 Å². The van der Waals surface area contributed by atoms with E-state index in [1.54, 1.807) is 0 Å². The minimum Gasteiger partial charge on any atom is -0.244 e. The van der Waals surface area contributed by atoms with Crippen molar-refractivity contribution in [2.75, 3.05) is 0 Å². The van der Waals surface area contributed by atoms with Crippen LogP contribution < -0.4 is 4.72 Å². The van der Waals surface area contributed by atoms with Gasteiger partial charge in [0.25, 0.3) is 0 Å². The molecule has 5 nitrogen and oxygen atoms in total. The molecular weight excluding hydrogens is 262 g/mol. The lowest BCUT2D eigenvalue weighted by molar-refractivity contribution is 0.509. The molecule has 1 aliphatic carbocycles. The fraction of sp³-hybridized carbons (Fsp3) is 0.538. The van der Waals surface area contributed by atoms with Crippen LogP contribution in [0.3, 0.4) is 0 Å². The van der Waals surface area contributed by atoms with Crippen molar-refractivity contribution in [1.29, 1.82) is 5.26 Å². The molecular formula is C13H17N3O2S. The third-order valence-electron chi connectivity index (χ3n) is 3.34. The Morgan fingerprint density at radius 3 is 2.58 bits per heavy atom. The minimum atomic E-state index is -3.65. The van der Waals surface area contributed by atoms with Crippen molar-refractivity contribution in [2.24, 2.45) is 0 Å². The molecule has 0 aliphatic heterocycles. The molecule has 1 saturated carbocycles. The lowest BCUT2D eigenvalue weighted by Crippen LogP contribution is -2.34. The van der Waals surface area contributed by atoms with Crippen molar-refractivity contribution in [1.82, 2.24) is 9.71 Å². The third-order valence-corrected chi connectivity index (χ3v) is 4.90. The Kier molecular flexibility index (Phi) is 4.51. The zero-order valence-corrected chi connectivity index (χ0v) is 11.5. The molecule has 0 bridgehead atoms. The number of sulfonamides is 1. The predicted octanol–water partition coefficient (Wildman–Crippen LogP) is 1.95. The molecule has 0 aromatic carbocycles. The molecule has 19 heavy (non-hydrogen) atoms. The third kappa shape index (κ3) is 3.52. The van der Waals surface area contributed by atoms with Crippen molar-refractivity contribution < 1.29 is 8.42 Å². The van der Waals surface area contributed by atoms with Crippen LogP contribution in [0.15, 0.2) is 23.2 Å². The molecule has 2 rings (SSSR count). The normalized spacial score (nSPS) is 17.6. The first-order valence-corrected chi connectivity index (χ1v) is 7.99. The molecule has 1 aromatic rings. The maximum Gasteiger partial charge on any atom is 0.243 e. The largest absolute Gasteiger partial charge is 0.244 e. The fourth-order valence-electron chi connectivity index (χ4n) is 2.37. The van der Waals surface area contributed by atoms with E-state index >= 15 is 0 Å². The predicted molar refractivity (Wildman–Crippen MR) is 70.8 cm³/mol. The molecule has 1 heterocycles. The Morgan fingerprint density at radius 2 is 1.95 bits per heavy atom. The summed E-state index contributed by atoms with van der Waals surface area (Å²) in [5.74, 6) is 0. The van der Waals surface area contributed by atoms with Crippen molar-refractivity contribution in [2.45, 2.75) is 49.5 Å². The highest BCUT2D eigenvalue weighted by molar-refractivity contribution is 7.89. The summed E-state index contributed by atoms with van der Waals surface area (Å²) in [5.41, 5.74) is -0.0522. The molecule has 6 heteroatoms. The van der Waals surface area contributed by atoms with Gasteiger partial charge >= 0.3 is 0 Å². The number of nitrogens with zero attached hydrogens (tertiary/aromatic N) is 2. The first kappa shape index (κ1) is 14.0. The molecule has 1 aromatic heterocycles. The van der Waals surface area contributed by atoms with Crippen LogP contribution in [0, 0.1) is 11.3 Å². The number of nitriles is 1. The van der Waals surface area contributed by atoms with Gasteiger partial charge in [-0.1, -0.05) is 25.7 Å². The van der Waals surface area contributed by atoms with E-state index in [0.29, 0.717) is 0 Å². The molecule has 0 saturated heterocycles. The quantitative estimate of drug-likeness (QED) is 0.857. The van der Waals surface area contributed by atoms with E-state index in [2.05, 4.69) is 9.71 Å². The van der Waals surface area contributed by atoms with Crippen LogP contribution >= 0.6 is 0 Å². The van der Waals surface area contributed by atoms with Gasteiger partial charge in [0, 0.05) is 12.2 Å². The zero-order valence-electron chi connectivity index (χ0n) is 10.7. The van der Waals surface area contributed by atoms with Gasteiger partial charge in [0.2, 0.25) is 10.0 Å². The molecule has 102 valence electrons. The topological polar surface area (TPSA) is 82.8 Å². The van der Waals surface area contributed by atoms with Crippen LogP contribution in [0.2, 0.25) is 0 Å².